The van der Waals surface area contributed by atoms with Crippen LogP contribution in [0.1, 0.15) is 26.3 Å². The second-order valence-corrected chi connectivity index (χ2v) is 7.53. The van der Waals surface area contributed by atoms with Crippen molar-refractivity contribution >= 4 is 39.5 Å². The molecular weight excluding hydrogens is 432 g/mol. The van der Waals surface area contributed by atoms with Crippen molar-refractivity contribution in [2.45, 2.75) is 32.3 Å². The van der Waals surface area contributed by atoms with Crippen molar-refractivity contribution in [3.63, 3.8) is 0 Å². The molecule has 2 aliphatic heterocycles. The third kappa shape index (κ3) is 2.77. The summed E-state index contributed by atoms with van der Waals surface area (Å²) in [5.41, 5.74) is 4.60. The number of nitrogens with one attached hydrogen (secondary N) is 1. The number of benzene rings is 1. The fraction of sp³-hybridized carbons (Fsp3) is 0.316. The highest BCUT2D eigenvalue weighted by Crippen LogP contribution is 2.53. The average Bonchev–Trinajstić information content (AvgIpc) is 2.86. The first kappa shape index (κ1) is 19.9. The van der Waals surface area contributed by atoms with E-state index in [-0.39, 0.29) is 22.8 Å². The van der Waals surface area contributed by atoms with Crippen LogP contribution < -0.4 is 11.1 Å². The summed E-state index contributed by atoms with van der Waals surface area (Å²) in [6.07, 6.45) is -0.482. The van der Waals surface area contributed by atoms with Gasteiger partial charge in [-0.15, -0.1) is 0 Å². The second kappa shape index (κ2) is 6.97. The van der Waals surface area contributed by atoms with Crippen molar-refractivity contribution in [2.24, 2.45) is 5.73 Å². The first-order valence-electron chi connectivity index (χ1n) is 8.44. The van der Waals surface area contributed by atoms with E-state index in [0.29, 0.717) is 15.7 Å². The highest BCUT2D eigenvalue weighted by Gasteiger charge is 2.61. The summed E-state index contributed by atoms with van der Waals surface area (Å²) in [4.78, 5) is 39.0. The van der Waals surface area contributed by atoms with E-state index in [1.807, 2.05) is 0 Å². The lowest BCUT2D eigenvalue weighted by Crippen LogP contribution is -2.48. The van der Waals surface area contributed by atoms with Gasteiger partial charge in [0, 0.05) is 15.7 Å². The Balaban J connectivity index is 2.40. The number of esters is 2. The minimum atomic E-state index is -1.86. The van der Waals surface area contributed by atoms with Crippen LogP contribution in [0.5, 0.6) is 0 Å². The summed E-state index contributed by atoms with van der Waals surface area (Å²) in [5, 5.41) is 2.72. The SMILES string of the molecule is COC(=O)C1=C(C)OC(N)=C(C(=O)OC(C)C)[C@]12C(=O)Nc1ccc(Br)cc12. The Bertz CT molecular complexity index is 965. The molecular formula is C19H19BrN2O6. The number of hydrogen-bond acceptors (Lipinski definition) is 7. The highest BCUT2D eigenvalue weighted by molar-refractivity contribution is 9.10. The van der Waals surface area contributed by atoms with E-state index >= 15 is 0 Å². The number of amides is 1. The number of methoxy groups -OCH3 is 1. The van der Waals surface area contributed by atoms with Crippen LogP contribution in [-0.4, -0.2) is 31.1 Å². The number of nitrogens with two attached hydrogens (primary N) is 1. The molecule has 1 aromatic carbocycles. The Labute approximate surface area is 169 Å². The molecule has 0 radical (unpaired) electrons. The first-order valence-corrected chi connectivity index (χ1v) is 9.24. The number of carbonyl (C=O) groups excluding carboxylic acids is 3. The quantitative estimate of drug-likeness (QED) is 0.677. The van der Waals surface area contributed by atoms with E-state index in [9.17, 15) is 14.4 Å². The smallest absolute Gasteiger partial charge is 0.341 e. The number of ether oxygens (including phenoxy) is 3. The number of carbonyl (C=O) groups is 3. The van der Waals surface area contributed by atoms with Crippen LogP contribution in [0.2, 0.25) is 0 Å². The largest absolute Gasteiger partial charge is 0.466 e. The zero-order valence-corrected chi connectivity index (χ0v) is 17.3. The topological polar surface area (TPSA) is 117 Å². The summed E-state index contributed by atoms with van der Waals surface area (Å²) in [5.74, 6) is -2.54. The number of fused-ring (bicyclic) bond motifs is 2. The molecule has 3 rings (SSSR count). The lowest BCUT2D eigenvalue weighted by Gasteiger charge is -2.35. The Hall–Kier alpha value is -2.81. The van der Waals surface area contributed by atoms with Gasteiger partial charge in [0.25, 0.3) is 0 Å². The van der Waals surface area contributed by atoms with E-state index in [1.54, 1.807) is 32.0 Å². The van der Waals surface area contributed by atoms with E-state index in [2.05, 4.69) is 21.2 Å². The summed E-state index contributed by atoms with van der Waals surface area (Å²) in [6, 6.07) is 5.03. The van der Waals surface area contributed by atoms with E-state index in [4.69, 9.17) is 19.9 Å². The molecule has 0 aromatic heterocycles. The normalized spacial score (nSPS) is 20.9. The molecule has 1 amide bonds. The third-order valence-electron chi connectivity index (χ3n) is 4.52. The van der Waals surface area contributed by atoms with Crippen LogP contribution in [0.15, 0.2) is 45.5 Å². The van der Waals surface area contributed by atoms with Gasteiger partial charge in [0.15, 0.2) is 0 Å². The van der Waals surface area contributed by atoms with Gasteiger partial charge in [-0.2, -0.15) is 0 Å². The van der Waals surface area contributed by atoms with Crippen LogP contribution >= 0.6 is 15.9 Å². The van der Waals surface area contributed by atoms with Crippen LogP contribution in [0, 0.1) is 0 Å². The molecule has 0 saturated carbocycles. The molecule has 0 bridgehead atoms. The summed E-state index contributed by atoms with van der Waals surface area (Å²) < 4.78 is 16.3. The van der Waals surface area contributed by atoms with E-state index in [1.165, 1.54) is 14.0 Å². The minimum absolute atomic E-state index is 0.0634. The van der Waals surface area contributed by atoms with Crippen molar-refractivity contribution in [1.82, 2.24) is 0 Å². The van der Waals surface area contributed by atoms with Crippen molar-refractivity contribution in [1.29, 1.82) is 0 Å². The fourth-order valence-electron chi connectivity index (χ4n) is 3.54. The molecule has 0 saturated heterocycles. The maximum Gasteiger partial charge on any atom is 0.341 e. The highest BCUT2D eigenvalue weighted by atomic mass is 79.9. The Kier molecular flexibility index (Phi) is 4.97. The van der Waals surface area contributed by atoms with Crippen LogP contribution in [0.25, 0.3) is 0 Å². The molecule has 1 spiro atoms. The van der Waals surface area contributed by atoms with Gasteiger partial charge >= 0.3 is 11.9 Å². The van der Waals surface area contributed by atoms with Gasteiger partial charge in [0.2, 0.25) is 11.8 Å². The summed E-state index contributed by atoms with van der Waals surface area (Å²) >= 11 is 3.37. The minimum Gasteiger partial charge on any atom is -0.466 e. The Morgan fingerprint density at radius 1 is 1.25 bits per heavy atom. The molecule has 28 heavy (non-hydrogen) atoms. The van der Waals surface area contributed by atoms with Crippen LogP contribution in [0.3, 0.4) is 0 Å². The first-order chi connectivity index (χ1) is 13.1. The molecule has 1 aromatic rings. The number of halogens is 1. The maximum absolute atomic E-state index is 13.3. The van der Waals surface area contributed by atoms with Gasteiger partial charge < -0.3 is 25.3 Å². The summed E-state index contributed by atoms with van der Waals surface area (Å²) in [6.45, 7) is 4.80. The molecule has 8 nitrogen and oxygen atoms in total. The molecule has 2 heterocycles. The molecule has 2 aliphatic rings. The zero-order chi connectivity index (χ0) is 20.8. The predicted molar refractivity (Wildman–Crippen MR) is 103 cm³/mol. The van der Waals surface area contributed by atoms with Crippen molar-refractivity contribution < 1.29 is 28.6 Å². The van der Waals surface area contributed by atoms with Gasteiger partial charge in [-0.05, 0) is 39.0 Å². The number of hydrogen-bond donors (Lipinski definition) is 2. The molecule has 9 heteroatoms. The molecule has 148 valence electrons. The van der Waals surface area contributed by atoms with Crippen molar-refractivity contribution in [3.05, 3.63) is 51.0 Å². The van der Waals surface area contributed by atoms with Gasteiger partial charge in [-0.25, -0.2) is 9.59 Å². The second-order valence-electron chi connectivity index (χ2n) is 6.61. The standard InChI is InChI=1S/C19H19BrN2O6/c1-8(2)27-17(24)14-15(21)28-9(3)13(16(23)26-4)19(14)11-7-10(20)5-6-12(11)22-18(19)25/h5-8H,21H2,1-4H3,(H,22,25)/t19-/m1/s1. The summed E-state index contributed by atoms with van der Waals surface area (Å²) in [7, 11) is 1.18. The maximum atomic E-state index is 13.3. The van der Waals surface area contributed by atoms with Gasteiger partial charge in [-0.3, -0.25) is 4.79 Å². The number of rotatable bonds is 3. The zero-order valence-electron chi connectivity index (χ0n) is 15.7. The van der Waals surface area contributed by atoms with Crippen molar-refractivity contribution in [2.75, 3.05) is 12.4 Å². The Morgan fingerprint density at radius 2 is 1.93 bits per heavy atom. The fourth-order valence-corrected chi connectivity index (χ4v) is 3.90. The lowest BCUT2D eigenvalue weighted by atomic mass is 9.67. The average molecular weight is 451 g/mol. The van der Waals surface area contributed by atoms with Gasteiger partial charge in [-0.1, -0.05) is 15.9 Å². The monoisotopic (exact) mass is 450 g/mol. The number of anilines is 1. The predicted octanol–water partition coefficient (Wildman–Crippen LogP) is 2.24. The molecule has 1 atom stereocenters. The van der Waals surface area contributed by atoms with Crippen LogP contribution in [-0.2, 0) is 34.0 Å². The molecule has 0 aliphatic carbocycles. The van der Waals surface area contributed by atoms with Crippen molar-refractivity contribution in [3.8, 4) is 0 Å². The Morgan fingerprint density at radius 3 is 2.54 bits per heavy atom. The van der Waals surface area contributed by atoms with E-state index in [0.717, 1.165) is 0 Å². The molecule has 3 N–H and O–H groups in total. The van der Waals surface area contributed by atoms with Gasteiger partial charge in [0.1, 0.15) is 22.3 Å². The molecule has 0 unspecified atom stereocenters. The third-order valence-corrected chi connectivity index (χ3v) is 5.02. The van der Waals surface area contributed by atoms with Crippen LogP contribution in [0.4, 0.5) is 5.69 Å². The molecule has 0 fully saturated rings. The number of allylic oxidation sites excluding steroid dienone is 1. The van der Waals surface area contributed by atoms with Gasteiger partial charge in [0.05, 0.1) is 13.2 Å². The lowest BCUT2D eigenvalue weighted by molar-refractivity contribution is -0.145. The van der Waals surface area contributed by atoms with E-state index < -0.39 is 29.4 Å².